The molecule has 1 saturated heterocycles. The van der Waals surface area contributed by atoms with Crippen LogP contribution in [-0.2, 0) is 13.1 Å². The molecule has 4 heteroatoms. The number of hydrogen-bond acceptors (Lipinski definition) is 2. The molecule has 1 aliphatic rings. The highest BCUT2D eigenvalue weighted by Crippen LogP contribution is 2.22. The first kappa shape index (κ1) is 13.1. The second-order valence-corrected chi connectivity index (χ2v) is 5.60. The van der Waals surface area contributed by atoms with Crippen LogP contribution in [0.3, 0.4) is 0 Å². The summed E-state index contributed by atoms with van der Waals surface area (Å²) in [5, 5.41) is 5.47. The summed E-state index contributed by atoms with van der Waals surface area (Å²) in [6, 6.07) is 0.758. The van der Waals surface area contributed by atoms with Crippen molar-refractivity contribution in [1.29, 1.82) is 0 Å². The molecule has 0 amide bonds. The van der Waals surface area contributed by atoms with Gasteiger partial charge in [0.1, 0.15) is 0 Å². The number of halogens is 1. The van der Waals surface area contributed by atoms with E-state index in [-0.39, 0.29) is 0 Å². The Balaban J connectivity index is 1.95. The average molecular weight is 300 g/mol. The maximum atomic E-state index is 4.35. The summed E-state index contributed by atoms with van der Waals surface area (Å²) in [5.41, 5.74) is 1.35. The van der Waals surface area contributed by atoms with E-state index in [1.54, 1.807) is 0 Å². The van der Waals surface area contributed by atoms with E-state index >= 15 is 0 Å². The van der Waals surface area contributed by atoms with Gasteiger partial charge in [-0.15, -0.1) is 0 Å². The van der Waals surface area contributed by atoms with Crippen molar-refractivity contribution in [3.8, 4) is 0 Å². The zero-order valence-electron chi connectivity index (χ0n) is 10.6. The van der Waals surface area contributed by atoms with Crippen molar-refractivity contribution in [1.82, 2.24) is 14.7 Å². The lowest BCUT2D eigenvalue weighted by molar-refractivity contribution is 0.137. The number of likely N-dealkylation sites (tertiary alicyclic amines) is 1. The molecule has 1 fully saturated rings. The quantitative estimate of drug-likeness (QED) is 0.779. The Kier molecular flexibility index (Phi) is 5.04. The lowest BCUT2D eigenvalue weighted by Crippen LogP contribution is -2.39. The lowest BCUT2D eigenvalue weighted by Gasteiger charge is -2.35. The molecule has 3 nitrogen and oxygen atoms in total. The van der Waals surface area contributed by atoms with Crippen molar-refractivity contribution in [2.24, 2.45) is 0 Å². The predicted octanol–water partition coefficient (Wildman–Crippen LogP) is 3.04. The van der Waals surface area contributed by atoms with E-state index in [1.807, 2.05) is 10.9 Å². The van der Waals surface area contributed by atoms with Crippen LogP contribution >= 0.6 is 15.9 Å². The van der Waals surface area contributed by atoms with Gasteiger partial charge in [0.2, 0.25) is 0 Å². The molecule has 1 aromatic heterocycles. The number of piperidine rings is 1. The third-order valence-corrected chi connectivity index (χ3v) is 4.05. The van der Waals surface area contributed by atoms with Crippen molar-refractivity contribution in [2.45, 2.75) is 51.7 Å². The SMILES string of the molecule is CCn1cc(CN2CCCCC2CCBr)cn1. The molecule has 96 valence electrons. The van der Waals surface area contributed by atoms with Crippen LogP contribution in [0.5, 0.6) is 0 Å². The predicted molar refractivity (Wildman–Crippen MR) is 74.4 cm³/mol. The Bertz CT molecular complexity index is 335. The Hall–Kier alpha value is -0.350. The molecule has 1 aliphatic heterocycles. The lowest BCUT2D eigenvalue weighted by atomic mass is 9.99. The fraction of sp³-hybridized carbons (Fsp3) is 0.769. The number of aromatic nitrogens is 2. The van der Waals surface area contributed by atoms with Gasteiger partial charge in [-0.3, -0.25) is 9.58 Å². The normalized spacial score (nSPS) is 21.9. The van der Waals surface area contributed by atoms with Crippen LogP contribution in [0.4, 0.5) is 0 Å². The number of nitrogens with zero attached hydrogens (tertiary/aromatic N) is 3. The minimum absolute atomic E-state index is 0.758. The fourth-order valence-electron chi connectivity index (χ4n) is 2.62. The molecule has 1 unspecified atom stereocenters. The maximum absolute atomic E-state index is 4.35. The van der Waals surface area contributed by atoms with E-state index in [4.69, 9.17) is 0 Å². The van der Waals surface area contributed by atoms with E-state index in [0.29, 0.717) is 0 Å². The van der Waals surface area contributed by atoms with Gasteiger partial charge in [0.25, 0.3) is 0 Å². The minimum Gasteiger partial charge on any atom is -0.296 e. The molecule has 0 aromatic carbocycles. The third kappa shape index (κ3) is 3.55. The molecule has 2 rings (SSSR count). The summed E-state index contributed by atoms with van der Waals surface area (Å²) in [5.74, 6) is 0. The van der Waals surface area contributed by atoms with Crippen molar-refractivity contribution in [3.05, 3.63) is 18.0 Å². The molecule has 0 N–H and O–H groups in total. The second-order valence-electron chi connectivity index (χ2n) is 4.80. The van der Waals surface area contributed by atoms with E-state index in [0.717, 1.165) is 24.5 Å². The monoisotopic (exact) mass is 299 g/mol. The summed E-state index contributed by atoms with van der Waals surface area (Å²) in [6.45, 7) is 5.41. The first-order chi connectivity index (χ1) is 8.33. The van der Waals surface area contributed by atoms with Gasteiger partial charge in [0.05, 0.1) is 6.20 Å². The number of hydrogen-bond donors (Lipinski definition) is 0. The standard InChI is InChI=1S/C13H22BrN3/c1-2-17-11-12(9-15-17)10-16-8-4-3-5-13(16)6-7-14/h9,11,13H,2-8,10H2,1H3. The third-order valence-electron chi connectivity index (χ3n) is 3.59. The molecule has 17 heavy (non-hydrogen) atoms. The van der Waals surface area contributed by atoms with Crippen molar-refractivity contribution >= 4 is 15.9 Å². The zero-order valence-corrected chi connectivity index (χ0v) is 12.2. The van der Waals surface area contributed by atoms with E-state index in [2.05, 4.69) is 39.0 Å². The van der Waals surface area contributed by atoms with Gasteiger partial charge < -0.3 is 0 Å². The van der Waals surface area contributed by atoms with Crippen LogP contribution in [0.15, 0.2) is 12.4 Å². The van der Waals surface area contributed by atoms with Crippen molar-refractivity contribution in [2.75, 3.05) is 11.9 Å². The summed E-state index contributed by atoms with van der Waals surface area (Å²) in [7, 11) is 0. The highest BCUT2D eigenvalue weighted by atomic mass is 79.9. The molecule has 0 bridgehead atoms. The molecule has 0 aliphatic carbocycles. The van der Waals surface area contributed by atoms with Crippen molar-refractivity contribution in [3.63, 3.8) is 0 Å². The molecule has 2 heterocycles. The van der Waals surface area contributed by atoms with Crippen LogP contribution in [-0.4, -0.2) is 32.6 Å². The molecular weight excluding hydrogens is 278 g/mol. The van der Waals surface area contributed by atoms with Gasteiger partial charge in [0.15, 0.2) is 0 Å². The van der Waals surface area contributed by atoms with E-state index in [9.17, 15) is 0 Å². The molecule has 1 aromatic rings. The second kappa shape index (κ2) is 6.55. The first-order valence-corrected chi connectivity index (χ1v) is 7.77. The minimum atomic E-state index is 0.758. The Morgan fingerprint density at radius 2 is 2.35 bits per heavy atom. The van der Waals surface area contributed by atoms with Gasteiger partial charge in [0, 0.05) is 36.2 Å². The topological polar surface area (TPSA) is 21.1 Å². The molecule has 0 spiro atoms. The number of aryl methyl sites for hydroxylation is 1. The Morgan fingerprint density at radius 1 is 1.47 bits per heavy atom. The molecule has 1 atom stereocenters. The first-order valence-electron chi connectivity index (χ1n) is 6.65. The van der Waals surface area contributed by atoms with E-state index < -0.39 is 0 Å². The van der Waals surface area contributed by atoms with Crippen LogP contribution in [0.1, 0.15) is 38.2 Å². The summed E-state index contributed by atoms with van der Waals surface area (Å²) in [4.78, 5) is 2.63. The van der Waals surface area contributed by atoms with E-state index in [1.165, 1.54) is 37.8 Å². The molecule has 0 radical (unpaired) electrons. The molecule has 0 saturated carbocycles. The number of rotatable bonds is 5. The van der Waals surface area contributed by atoms with Gasteiger partial charge in [-0.05, 0) is 32.7 Å². The highest BCUT2D eigenvalue weighted by Gasteiger charge is 2.21. The van der Waals surface area contributed by atoms with Gasteiger partial charge in [-0.25, -0.2) is 0 Å². The molecular formula is C13H22BrN3. The summed E-state index contributed by atoms with van der Waals surface area (Å²) >= 11 is 3.57. The largest absolute Gasteiger partial charge is 0.296 e. The van der Waals surface area contributed by atoms with Crippen LogP contribution in [0, 0.1) is 0 Å². The smallest absolute Gasteiger partial charge is 0.0534 e. The highest BCUT2D eigenvalue weighted by molar-refractivity contribution is 9.09. The van der Waals surface area contributed by atoms with Gasteiger partial charge in [-0.2, -0.15) is 5.10 Å². The Morgan fingerprint density at radius 3 is 3.06 bits per heavy atom. The van der Waals surface area contributed by atoms with Crippen molar-refractivity contribution < 1.29 is 0 Å². The van der Waals surface area contributed by atoms with Crippen LogP contribution < -0.4 is 0 Å². The van der Waals surface area contributed by atoms with Gasteiger partial charge >= 0.3 is 0 Å². The maximum Gasteiger partial charge on any atom is 0.0534 e. The van der Waals surface area contributed by atoms with Gasteiger partial charge in [-0.1, -0.05) is 22.4 Å². The summed E-state index contributed by atoms with van der Waals surface area (Å²) in [6.07, 6.45) is 9.56. The average Bonchev–Trinajstić information content (AvgIpc) is 2.80. The zero-order chi connectivity index (χ0) is 12.1. The van der Waals surface area contributed by atoms with Crippen LogP contribution in [0.2, 0.25) is 0 Å². The summed E-state index contributed by atoms with van der Waals surface area (Å²) < 4.78 is 2.01. The van der Waals surface area contributed by atoms with Crippen LogP contribution in [0.25, 0.3) is 0 Å². The number of alkyl halides is 1. The fourth-order valence-corrected chi connectivity index (χ4v) is 3.15. The Labute approximate surface area is 112 Å².